The van der Waals surface area contributed by atoms with Crippen molar-refractivity contribution >= 4 is 23.4 Å². The smallest absolute Gasteiger partial charge is 0.256 e. The lowest BCUT2D eigenvalue weighted by atomic mass is 10.0. The van der Waals surface area contributed by atoms with Gasteiger partial charge in [0.05, 0.1) is 13.1 Å². The minimum atomic E-state index is -0.124. The standard InChI is InChI=1S/C29H39N5O3/c1-5-7-10-13-30-27(35)19-33(26-15-25-24(14-21(26)3)16-32(6-2)29(25)37)20-28(36)31(4)34-17-22-11-8-9-12-23(22)18-34/h8-9,11-12,14-15H,5-7,10,13,16-20H2,1-4H3,(H,30,35). The van der Waals surface area contributed by atoms with Crippen molar-refractivity contribution in [3.8, 4) is 0 Å². The maximum Gasteiger partial charge on any atom is 0.256 e. The molecular weight excluding hydrogens is 466 g/mol. The number of amides is 3. The van der Waals surface area contributed by atoms with Crippen LogP contribution in [0, 0.1) is 6.92 Å². The lowest BCUT2D eigenvalue weighted by molar-refractivity contribution is -0.145. The van der Waals surface area contributed by atoms with E-state index in [2.05, 4.69) is 24.4 Å². The van der Waals surface area contributed by atoms with E-state index in [1.807, 2.05) is 52.9 Å². The number of hydrazine groups is 1. The molecule has 0 fully saturated rings. The van der Waals surface area contributed by atoms with Gasteiger partial charge in [-0.15, -0.1) is 0 Å². The van der Waals surface area contributed by atoms with E-state index in [-0.39, 0.29) is 30.8 Å². The second-order valence-electron chi connectivity index (χ2n) is 10.0. The quantitative estimate of drug-likeness (QED) is 0.474. The van der Waals surface area contributed by atoms with E-state index < -0.39 is 0 Å². The van der Waals surface area contributed by atoms with Crippen LogP contribution in [0.2, 0.25) is 0 Å². The fourth-order valence-electron chi connectivity index (χ4n) is 5.14. The van der Waals surface area contributed by atoms with Crippen molar-refractivity contribution in [1.82, 2.24) is 20.2 Å². The highest BCUT2D eigenvalue weighted by Crippen LogP contribution is 2.31. The summed E-state index contributed by atoms with van der Waals surface area (Å²) < 4.78 is 0. The molecule has 1 N–H and O–H groups in total. The first-order valence-corrected chi connectivity index (χ1v) is 13.3. The highest BCUT2D eigenvalue weighted by atomic mass is 16.2. The number of aryl methyl sites for hydroxylation is 1. The van der Waals surface area contributed by atoms with Crippen LogP contribution in [0.25, 0.3) is 0 Å². The summed E-state index contributed by atoms with van der Waals surface area (Å²) in [5, 5.41) is 6.68. The number of benzene rings is 2. The molecule has 2 aliphatic rings. The van der Waals surface area contributed by atoms with Crippen LogP contribution in [0.4, 0.5) is 5.69 Å². The first-order valence-electron chi connectivity index (χ1n) is 13.3. The summed E-state index contributed by atoms with van der Waals surface area (Å²) in [6.45, 7) is 9.38. The number of anilines is 1. The Kier molecular flexibility index (Phi) is 8.48. The molecule has 0 bridgehead atoms. The molecule has 2 aliphatic heterocycles. The largest absolute Gasteiger partial charge is 0.355 e. The number of hydrogen-bond acceptors (Lipinski definition) is 5. The molecule has 0 atom stereocenters. The molecule has 2 aromatic carbocycles. The number of nitrogens with zero attached hydrogens (tertiary/aromatic N) is 4. The van der Waals surface area contributed by atoms with Gasteiger partial charge in [0.1, 0.15) is 0 Å². The molecule has 8 nitrogen and oxygen atoms in total. The van der Waals surface area contributed by atoms with E-state index in [1.165, 1.54) is 11.1 Å². The molecule has 0 unspecified atom stereocenters. The third-order valence-electron chi connectivity index (χ3n) is 7.40. The molecule has 0 spiro atoms. The van der Waals surface area contributed by atoms with Crippen LogP contribution in [0.1, 0.15) is 65.7 Å². The monoisotopic (exact) mass is 505 g/mol. The van der Waals surface area contributed by atoms with Crippen molar-refractivity contribution in [3.63, 3.8) is 0 Å². The number of unbranched alkanes of at least 4 members (excludes halogenated alkanes) is 2. The van der Waals surface area contributed by atoms with Gasteiger partial charge in [-0.2, -0.15) is 0 Å². The molecule has 37 heavy (non-hydrogen) atoms. The molecule has 0 saturated heterocycles. The first-order chi connectivity index (χ1) is 17.8. The summed E-state index contributed by atoms with van der Waals surface area (Å²) in [6.07, 6.45) is 3.07. The van der Waals surface area contributed by atoms with Crippen LogP contribution in [-0.4, -0.2) is 65.9 Å². The Bertz CT molecular complexity index is 1140. The number of carbonyl (C=O) groups is 3. The molecule has 4 rings (SSSR count). The van der Waals surface area contributed by atoms with Crippen LogP contribution in [-0.2, 0) is 29.2 Å². The third kappa shape index (κ3) is 5.96. The molecule has 0 aliphatic carbocycles. The number of nitrogens with one attached hydrogen (secondary N) is 1. The number of likely N-dealkylation sites (N-methyl/N-ethyl adjacent to an activating group) is 1. The zero-order valence-electron chi connectivity index (χ0n) is 22.5. The van der Waals surface area contributed by atoms with Crippen LogP contribution in [0.5, 0.6) is 0 Å². The lowest BCUT2D eigenvalue weighted by Crippen LogP contribution is -2.48. The minimum Gasteiger partial charge on any atom is -0.355 e. The highest BCUT2D eigenvalue weighted by Gasteiger charge is 2.30. The highest BCUT2D eigenvalue weighted by molar-refractivity contribution is 6.00. The van der Waals surface area contributed by atoms with Crippen molar-refractivity contribution in [2.45, 2.75) is 59.7 Å². The normalized spacial score (nSPS) is 14.5. The average Bonchev–Trinajstić information content (AvgIpc) is 3.45. The van der Waals surface area contributed by atoms with Gasteiger partial charge in [0, 0.05) is 51.0 Å². The van der Waals surface area contributed by atoms with Gasteiger partial charge < -0.3 is 15.1 Å². The average molecular weight is 506 g/mol. The van der Waals surface area contributed by atoms with E-state index in [0.29, 0.717) is 38.3 Å². The summed E-state index contributed by atoms with van der Waals surface area (Å²) in [5.74, 6) is -0.226. The second kappa shape index (κ2) is 11.8. The molecule has 0 aromatic heterocycles. The molecule has 0 radical (unpaired) electrons. The predicted octanol–water partition coefficient (Wildman–Crippen LogP) is 3.47. The van der Waals surface area contributed by atoms with Crippen molar-refractivity contribution in [3.05, 3.63) is 64.2 Å². The second-order valence-corrected chi connectivity index (χ2v) is 10.0. The van der Waals surface area contributed by atoms with Gasteiger partial charge >= 0.3 is 0 Å². The zero-order valence-corrected chi connectivity index (χ0v) is 22.5. The number of fused-ring (bicyclic) bond motifs is 2. The van der Waals surface area contributed by atoms with E-state index in [9.17, 15) is 14.4 Å². The van der Waals surface area contributed by atoms with E-state index in [4.69, 9.17) is 0 Å². The first kappa shape index (κ1) is 26.7. The zero-order chi connectivity index (χ0) is 26.5. The van der Waals surface area contributed by atoms with E-state index in [1.54, 1.807) is 12.1 Å². The summed E-state index contributed by atoms with van der Waals surface area (Å²) in [6, 6.07) is 12.1. The van der Waals surface area contributed by atoms with Crippen molar-refractivity contribution in [2.75, 3.05) is 38.1 Å². The van der Waals surface area contributed by atoms with Gasteiger partial charge in [0.15, 0.2) is 0 Å². The summed E-state index contributed by atoms with van der Waals surface area (Å²) in [7, 11) is 1.79. The Hall–Kier alpha value is -3.39. The SMILES string of the molecule is CCCCCNC(=O)CN(CC(=O)N(C)N1Cc2ccccc2C1)c1cc2c(cc1C)CN(CC)C2=O. The van der Waals surface area contributed by atoms with E-state index >= 15 is 0 Å². The van der Waals surface area contributed by atoms with Crippen LogP contribution in [0.3, 0.4) is 0 Å². The minimum absolute atomic E-state index is 0.000919. The lowest BCUT2D eigenvalue weighted by Gasteiger charge is -2.32. The van der Waals surface area contributed by atoms with Crippen molar-refractivity contribution in [1.29, 1.82) is 0 Å². The summed E-state index contributed by atoms with van der Waals surface area (Å²) in [5.41, 5.74) is 5.80. The summed E-state index contributed by atoms with van der Waals surface area (Å²) >= 11 is 0. The molecule has 2 aromatic rings. The maximum absolute atomic E-state index is 13.5. The van der Waals surface area contributed by atoms with Gasteiger partial charge in [0.2, 0.25) is 5.91 Å². The van der Waals surface area contributed by atoms with Crippen molar-refractivity contribution < 1.29 is 14.4 Å². The Labute approximate surface area is 220 Å². The fraction of sp³-hybridized carbons (Fsp3) is 0.483. The van der Waals surface area contributed by atoms with Crippen LogP contribution in [0.15, 0.2) is 36.4 Å². The molecule has 8 heteroatoms. The van der Waals surface area contributed by atoms with Crippen LogP contribution < -0.4 is 10.2 Å². The maximum atomic E-state index is 13.5. The Balaban J connectivity index is 1.53. The topological polar surface area (TPSA) is 76.2 Å². The third-order valence-corrected chi connectivity index (χ3v) is 7.40. The van der Waals surface area contributed by atoms with Gasteiger partial charge in [-0.25, -0.2) is 5.01 Å². The van der Waals surface area contributed by atoms with E-state index in [0.717, 1.165) is 36.1 Å². The molecule has 198 valence electrons. The molecule has 0 saturated carbocycles. The molecule has 3 amide bonds. The fourth-order valence-corrected chi connectivity index (χ4v) is 5.14. The Morgan fingerprint density at radius 3 is 2.32 bits per heavy atom. The predicted molar refractivity (Wildman–Crippen MR) is 145 cm³/mol. The van der Waals surface area contributed by atoms with Crippen molar-refractivity contribution in [2.24, 2.45) is 0 Å². The molecule has 2 heterocycles. The number of hydrogen-bond donors (Lipinski definition) is 1. The number of carbonyl (C=O) groups excluding carboxylic acids is 3. The van der Waals surface area contributed by atoms with Gasteiger partial charge in [-0.05, 0) is 48.6 Å². The Morgan fingerprint density at radius 2 is 1.68 bits per heavy atom. The molecular formula is C29H39N5O3. The Morgan fingerprint density at radius 1 is 0.973 bits per heavy atom. The number of rotatable bonds is 11. The van der Waals surface area contributed by atoms with Gasteiger partial charge in [0.25, 0.3) is 11.8 Å². The van der Waals surface area contributed by atoms with Gasteiger partial charge in [-0.3, -0.25) is 19.4 Å². The summed E-state index contributed by atoms with van der Waals surface area (Å²) in [4.78, 5) is 42.9. The van der Waals surface area contributed by atoms with Crippen LogP contribution >= 0.6 is 0 Å². The van der Waals surface area contributed by atoms with Gasteiger partial charge in [-0.1, -0.05) is 50.1 Å².